The first kappa shape index (κ1) is 24.7. The Labute approximate surface area is 198 Å². The zero-order valence-corrected chi connectivity index (χ0v) is 18.7. The molecule has 4 amide bonds. The minimum absolute atomic E-state index is 0.481. The number of anilines is 2. The van der Waals surface area contributed by atoms with Gasteiger partial charge in [-0.3, -0.25) is 9.59 Å². The van der Waals surface area contributed by atoms with Crippen molar-refractivity contribution in [2.24, 2.45) is 0 Å². The van der Waals surface area contributed by atoms with Gasteiger partial charge in [0.1, 0.15) is 23.5 Å². The molecular weight excluding hydrogens is 458 g/mol. The lowest BCUT2D eigenvalue weighted by Crippen LogP contribution is -2.40. The first-order valence-electron chi connectivity index (χ1n) is 10.4. The summed E-state index contributed by atoms with van der Waals surface area (Å²) in [5.41, 5.74) is 3.51. The van der Waals surface area contributed by atoms with E-state index in [1.807, 2.05) is 0 Å². The van der Waals surface area contributed by atoms with E-state index in [9.17, 15) is 19.2 Å². The van der Waals surface area contributed by atoms with E-state index >= 15 is 0 Å². The van der Waals surface area contributed by atoms with Crippen molar-refractivity contribution in [1.29, 1.82) is 0 Å². The van der Waals surface area contributed by atoms with Crippen LogP contribution in [-0.2, 0) is 9.59 Å². The second-order valence-corrected chi connectivity index (χ2v) is 7.50. The normalized spacial score (nSPS) is 12.2. The summed E-state index contributed by atoms with van der Waals surface area (Å²) in [6.07, 6.45) is -2.58. The maximum Gasteiger partial charge on any atom is 0.405 e. The molecule has 0 radical (unpaired) electrons. The highest BCUT2D eigenvalue weighted by atomic mass is 16.4. The summed E-state index contributed by atoms with van der Waals surface area (Å²) in [5, 5.41) is 37.8. The molecule has 2 atom stereocenters. The number of aromatic nitrogens is 3. The Morgan fingerprint density at radius 1 is 0.686 bits per heavy atom. The van der Waals surface area contributed by atoms with Crippen LogP contribution in [-0.4, -0.2) is 61.7 Å². The van der Waals surface area contributed by atoms with Gasteiger partial charge in [0.2, 0.25) is 11.8 Å². The Morgan fingerprint density at radius 3 is 1.34 bits per heavy atom. The van der Waals surface area contributed by atoms with Crippen molar-refractivity contribution < 1.29 is 29.4 Å². The summed E-state index contributed by atoms with van der Waals surface area (Å²) < 4.78 is 0. The van der Waals surface area contributed by atoms with Crippen molar-refractivity contribution in [3.63, 3.8) is 0 Å². The lowest BCUT2D eigenvalue weighted by atomic mass is 10.0. The summed E-state index contributed by atoms with van der Waals surface area (Å²) in [6, 6.07) is 11.7. The van der Waals surface area contributed by atoms with Crippen molar-refractivity contribution in [2.75, 3.05) is 10.6 Å². The molecule has 0 saturated heterocycles. The van der Waals surface area contributed by atoms with Crippen LogP contribution in [0.3, 0.4) is 0 Å². The Morgan fingerprint density at radius 2 is 1.03 bits per heavy atom. The van der Waals surface area contributed by atoms with E-state index in [2.05, 4.69) is 36.7 Å². The average Bonchev–Trinajstić information content (AvgIpc) is 3.29. The lowest BCUT2D eigenvalue weighted by molar-refractivity contribution is -0.118. The zero-order valence-electron chi connectivity index (χ0n) is 18.7. The van der Waals surface area contributed by atoms with E-state index in [-0.39, 0.29) is 0 Å². The number of carboxylic acid groups (broad SMARTS) is 2. The van der Waals surface area contributed by atoms with Gasteiger partial charge in [0.15, 0.2) is 0 Å². The van der Waals surface area contributed by atoms with Crippen molar-refractivity contribution in [1.82, 2.24) is 26.0 Å². The number of amides is 4. The topological polar surface area (TPSA) is 198 Å². The van der Waals surface area contributed by atoms with Crippen LogP contribution >= 0.6 is 0 Å². The summed E-state index contributed by atoms with van der Waals surface area (Å²) in [5.74, 6) is -0.995. The fourth-order valence-electron chi connectivity index (χ4n) is 3.06. The minimum atomic E-state index is -1.29. The number of H-pyrrole nitrogens is 1. The molecule has 0 unspecified atom stereocenters. The van der Waals surface area contributed by atoms with Crippen LogP contribution in [0.5, 0.6) is 0 Å². The highest BCUT2D eigenvalue weighted by Crippen LogP contribution is 2.29. The minimum Gasteiger partial charge on any atom is -0.465 e. The van der Waals surface area contributed by atoms with E-state index in [1.165, 1.54) is 13.8 Å². The number of hydrogen-bond donors (Lipinski definition) is 7. The monoisotopic (exact) mass is 481 g/mol. The molecule has 3 rings (SSSR count). The van der Waals surface area contributed by atoms with Gasteiger partial charge in [-0.25, -0.2) is 9.59 Å². The van der Waals surface area contributed by atoms with E-state index < -0.39 is 36.1 Å². The van der Waals surface area contributed by atoms with E-state index in [0.29, 0.717) is 22.8 Å². The van der Waals surface area contributed by atoms with E-state index in [4.69, 9.17) is 10.2 Å². The summed E-state index contributed by atoms with van der Waals surface area (Å²) in [4.78, 5) is 45.5. The molecule has 13 heteroatoms. The van der Waals surface area contributed by atoms with Crippen molar-refractivity contribution in [3.05, 3.63) is 48.5 Å². The fourth-order valence-corrected chi connectivity index (χ4v) is 3.06. The standard InChI is InChI=1S/C22H23N7O6/c1-11(23-21(32)33)19(30)25-15-7-3-13(4-8-15)17-18(28-29-27-17)14-5-9-16(10-6-14)26-20(31)12(2)24-22(34)35/h3-12,23-24H,1-2H3,(H,25,30)(H,26,31)(H,32,33)(H,34,35)(H,27,28,29)/t11-,12-/m0/s1. The molecule has 0 aliphatic rings. The van der Waals surface area contributed by atoms with Crippen LogP contribution in [0.25, 0.3) is 22.5 Å². The quantitative estimate of drug-likeness (QED) is 0.254. The van der Waals surface area contributed by atoms with Crippen LogP contribution in [0.1, 0.15) is 13.8 Å². The molecule has 0 aliphatic carbocycles. The van der Waals surface area contributed by atoms with Gasteiger partial charge in [0, 0.05) is 22.5 Å². The smallest absolute Gasteiger partial charge is 0.405 e. The maximum absolute atomic E-state index is 12.1. The van der Waals surface area contributed by atoms with Gasteiger partial charge in [-0.05, 0) is 38.1 Å². The Bertz CT molecular complexity index is 1130. The second kappa shape index (κ2) is 10.8. The Hall–Kier alpha value is -4.94. The van der Waals surface area contributed by atoms with Crippen LogP contribution in [0.2, 0.25) is 0 Å². The predicted molar refractivity (Wildman–Crippen MR) is 126 cm³/mol. The highest BCUT2D eigenvalue weighted by molar-refractivity contribution is 5.97. The number of aromatic amines is 1. The predicted octanol–water partition coefficient (Wildman–Crippen LogP) is 2.33. The highest BCUT2D eigenvalue weighted by Gasteiger charge is 2.17. The second-order valence-electron chi connectivity index (χ2n) is 7.50. The first-order valence-corrected chi connectivity index (χ1v) is 10.4. The Balaban J connectivity index is 1.69. The third-order valence-electron chi connectivity index (χ3n) is 4.87. The number of hydrogen-bond acceptors (Lipinski definition) is 6. The number of nitrogens with one attached hydrogen (secondary N) is 5. The van der Waals surface area contributed by atoms with Gasteiger partial charge < -0.3 is 31.5 Å². The number of benzene rings is 2. The molecule has 13 nitrogen and oxygen atoms in total. The molecular formula is C22H23N7O6. The van der Waals surface area contributed by atoms with Crippen LogP contribution in [0.4, 0.5) is 21.0 Å². The maximum atomic E-state index is 12.1. The molecule has 2 aromatic carbocycles. The average molecular weight is 481 g/mol. The number of carbonyl (C=O) groups excluding carboxylic acids is 2. The summed E-state index contributed by atoms with van der Waals surface area (Å²) >= 11 is 0. The third kappa shape index (κ3) is 6.54. The van der Waals surface area contributed by atoms with Gasteiger partial charge in [-0.15, -0.1) is 0 Å². The molecule has 182 valence electrons. The molecule has 7 N–H and O–H groups in total. The van der Waals surface area contributed by atoms with Gasteiger partial charge in [0.05, 0.1) is 0 Å². The van der Waals surface area contributed by atoms with Gasteiger partial charge >= 0.3 is 12.2 Å². The summed E-state index contributed by atoms with van der Waals surface area (Å²) in [6.45, 7) is 2.87. The van der Waals surface area contributed by atoms with Gasteiger partial charge in [-0.1, -0.05) is 24.3 Å². The largest absolute Gasteiger partial charge is 0.465 e. The Kier molecular flexibility index (Phi) is 7.61. The zero-order chi connectivity index (χ0) is 25.5. The third-order valence-corrected chi connectivity index (χ3v) is 4.87. The van der Waals surface area contributed by atoms with E-state index in [0.717, 1.165) is 11.1 Å². The van der Waals surface area contributed by atoms with Gasteiger partial charge in [-0.2, -0.15) is 15.4 Å². The molecule has 0 fully saturated rings. The molecule has 0 bridgehead atoms. The fraction of sp³-hybridized carbons (Fsp3) is 0.182. The van der Waals surface area contributed by atoms with Gasteiger partial charge in [0.25, 0.3) is 0 Å². The molecule has 1 heterocycles. The molecule has 0 saturated carbocycles. The molecule has 0 aliphatic heterocycles. The first-order chi connectivity index (χ1) is 16.6. The molecule has 35 heavy (non-hydrogen) atoms. The van der Waals surface area contributed by atoms with Crippen molar-refractivity contribution in [3.8, 4) is 22.5 Å². The van der Waals surface area contributed by atoms with Crippen molar-refractivity contribution >= 4 is 35.4 Å². The van der Waals surface area contributed by atoms with E-state index in [1.54, 1.807) is 48.5 Å². The van der Waals surface area contributed by atoms with Crippen LogP contribution in [0.15, 0.2) is 48.5 Å². The molecule has 0 spiro atoms. The molecule has 1 aromatic heterocycles. The SMILES string of the molecule is C[C@H](NC(=O)O)C(=O)Nc1ccc(-c2n[nH]nc2-c2ccc(NC(=O)[C@H](C)NC(=O)O)cc2)cc1. The number of rotatable bonds is 8. The number of carbonyl (C=O) groups is 4. The van der Waals surface area contributed by atoms with Crippen LogP contribution in [0, 0.1) is 0 Å². The number of nitrogens with zero attached hydrogens (tertiary/aromatic N) is 2. The summed E-state index contributed by atoms with van der Waals surface area (Å²) in [7, 11) is 0. The van der Waals surface area contributed by atoms with Crippen molar-refractivity contribution in [2.45, 2.75) is 25.9 Å². The lowest BCUT2D eigenvalue weighted by Gasteiger charge is -2.12. The molecule has 3 aromatic rings. The van der Waals surface area contributed by atoms with Crippen LogP contribution < -0.4 is 21.3 Å².